The summed E-state index contributed by atoms with van der Waals surface area (Å²) in [5.74, 6) is -0.768. The van der Waals surface area contributed by atoms with E-state index in [0.717, 1.165) is 12.8 Å². The standard InChI is InChI=1S/C28H30ClN5O5/c1-16(2)34-23-9-8-19(10-21(23)26(37)33(27(34)38)15-17-4-5-17)31-24(35)12-28(3,39)13-25(36)32-20-7-6-18(14-30)22(29)11-20/h6-11,16-17,39H,4-5,12-13,15H2,1-3H3,(H,31,35)(H,32,36). The lowest BCUT2D eigenvalue weighted by Crippen LogP contribution is -2.41. The first-order chi connectivity index (χ1) is 18.4. The number of hydrogen-bond acceptors (Lipinski definition) is 6. The zero-order valence-electron chi connectivity index (χ0n) is 22.0. The van der Waals surface area contributed by atoms with Gasteiger partial charge in [0.15, 0.2) is 0 Å². The predicted molar refractivity (Wildman–Crippen MR) is 149 cm³/mol. The Morgan fingerprint density at radius 3 is 2.23 bits per heavy atom. The summed E-state index contributed by atoms with van der Waals surface area (Å²) in [5.41, 5.74) is -0.976. The van der Waals surface area contributed by atoms with Crippen LogP contribution in [-0.4, -0.2) is 31.7 Å². The van der Waals surface area contributed by atoms with Gasteiger partial charge >= 0.3 is 5.69 Å². The summed E-state index contributed by atoms with van der Waals surface area (Å²) < 4.78 is 2.85. The molecule has 2 amide bonds. The molecule has 1 atom stereocenters. The monoisotopic (exact) mass is 551 g/mol. The van der Waals surface area contributed by atoms with E-state index in [-0.39, 0.29) is 35.2 Å². The fourth-order valence-corrected chi connectivity index (χ4v) is 4.75. The normalized spacial score (nSPS) is 14.6. The molecule has 0 saturated heterocycles. The largest absolute Gasteiger partial charge is 0.389 e. The molecular formula is C28H30ClN5O5. The number of aromatic nitrogens is 2. The summed E-state index contributed by atoms with van der Waals surface area (Å²) >= 11 is 5.99. The average molecular weight is 552 g/mol. The third-order valence-corrected chi connectivity index (χ3v) is 6.88. The van der Waals surface area contributed by atoms with E-state index < -0.39 is 23.0 Å². The highest BCUT2D eigenvalue weighted by molar-refractivity contribution is 6.32. The second-order valence-corrected chi connectivity index (χ2v) is 11.0. The van der Waals surface area contributed by atoms with Crippen LogP contribution in [0.1, 0.15) is 58.1 Å². The van der Waals surface area contributed by atoms with Crippen LogP contribution < -0.4 is 21.9 Å². The van der Waals surface area contributed by atoms with Gasteiger partial charge in [0.05, 0.1) is 39.9 Å². The maximum atomic E-state index is 13.2. The van der Waals surface area contributed by atoms with E-state index in [1.54, 1.807) is 16.7 Å². The van der Waals surface area contributed by atoms with Crippen molar-refractivity contribution in [3.63, 3.8) is 0 Å². The molecule has 0 radical (unpaired) electrons. The third-order valence-electron chi connectivity index (χ3n) is 6.56. The van der Waals surface area contributed by atoms with Crippen molar-refractivity contribution in [2.75, 3.05) is 10.6 Å². The second kappa shape index (κ2) is 11.0. The maximum absolute atomic E-state index is 13.2. The number of fused-ring (bicyclic) bond motifs is 1. The molecule has 1 fully saturated rings. The lowest BCUT2D eigenvalue weighted by molar-refractivity contribution is -0.125. The minimum absolute atomic E-state index is 0.173. The lowest BCUT2D eigenvalue weighted by Gasteiger charge is -2.22. The van der Waals surface area contributed by atoms with Crippen molar-refractivity contribution in [2.24, 2.45) is 5.92 Å². The molecule has 3 N–H and O–H groups in total. The summed E-state index contributed by atoms with van der Waals surface area (Å²) in [7, 11) is 0. The molecule has 0 aliphatic heterocycles. The number of nitrogens with zero attached hydrogens (tertiary/aromatic N) is 3. The van der Waals surface area contributed by atoms with Gasteiger partial charge in [-0.25, -0.2) is 4.79 Å². The predicted octanol–water partition coefficient (Wildman–Crippen LogP) is 3.79. The van der Waals surface area contributed by atoms with Gasteiger partial charge in [-0.1, -0.05) is 11.6 Å². The molecule has 2 aromatic carbocycles. The number of aliphatic hydroxyl groups is 1. The second-order valence-electron chi connectivity index (χ2n) is 10.6. The van der Waals surface area contributed by atoms with Crippen LogP contribution >= 0.6 is 11.6 Å². The number of nitrogens with one attached hydrogen (secondary N) is 2. The Kier molecular flexibility index (Phi) is 7.95. The van der Waals surface area contributed by atoms with Crippen LogP contribution in [0.4, 0.5) is 11.4 Å². The SMILES string of the molecule is CC(C)n1c(=O)n(CC2CC2)c(=O)c2cc(NC(=O)CC(C)(O)CC(=O)Nc3ccc(C#N)c(Cl)c3)ccc21. The van der Waals surface area contributed by atoms with Crippen molar-refractivity contribution in [1.29, 1.82) is 5.26 Å². The van der Waals surface area contributed by atoms with Crippen LogP contribution in [0.3, 0.4) is 0 Å². The topological polar surface area (TPSA) is 146 Å². The zero-order chi connectivity index (χ0) is 28.5. The summed E-state index contributed by atoms with van der Waals surface area (Å²) in [6, 6.07) is 10.9. The van der Waals surface area contributed by atoms with E-state index >= 15 is 0 Å². The summed E-state index contributed by atoms with van der Waals surface area (Å²) in [6.45, 7) is 5.49. The minimum Gasteiger partial charge on any atom is -0.389 e. The summed E-state index contributed by atoms with van der Waals surface area (Å²) in [6.07, 6.45) is 1.22. The summed E-state index contributed by atoms with van der Waals surface area (Å²) in [4.78, 5) is 51.5. The molecule has 1 unspecified atom stereocenters. The van der Waals surface area contributed by atoms with Crippen LogP contribution in [0.15, 0.2) is 46.0 Å². The molecule has 1 heterocycles. The van der Waals surface area contributed by atoms with Crippen molar-refractivity contribution in [3.8, 4) is 6.07 Å². The van der Waals surface area contributed by atoms with Gasteiger partial charge in [0.1, 0.15) is 6.07 Å². The Hall–Kier alpha value is -3.94. The molecule has 204 valence electrons. The number of benzene rings is 2. The van der Waals surface area contributed by atoms with Gasteiger partial charge in [-0.05, 0) is 75.9 Å². The van der Waals surface area contributed by atoms with E-state index in [9.17, 15) is 24.3 Å². The van der Waals surface area contributed by atoms with Crippen molar-refractivity contribution in [3.05, 3.63) is 67.8 Å². The van der Waals surface area contributed by atoms with Gasteiger partial charge in [0.25, 0.3) is 5.56 Å². The number of carbonyl (C=O) groups excluding carboxylic acids is 2. The summed E-state index contributed by atoms with van der Waals surface area (Å²) in [5, 5.41) is 25.5. The van der Waals surface area contributed by atoms with E-state index in [1.165, 1.54) is 35.8 Å². The van der Waals surface area contributed by atoms with E-state index in [0.29, 0.717) is 34.7 Å². The first kappa shape index (κ1) is 28.1. The Labute approximate surface area is 229 Å². The van der Waals surface area contributed by atoms with Crippen LogP contribution in [0.25, 0.3) is 10.9 Å². The highest BCUT2D eigenvalue weighted by Gasteiger charge is 2.29. The number of anilines is 2. The number of amides is 2. The first-order valence-electron chi connectivity index (χ1n) is 12.7. The van der Waals surface area contributed by atoms with E-state index in [2.05, 4.69) is 10.6 Å². The number of rotatable bonds is 9. The van der Waals surface area contributed by atoms with Gasteiger partial charge in [-0.15, -0.1) is 0 Å². The Balaban J connectivity index is 1.48. The van der Waals surface area contributed by atoms with Crippen LogP contribution in [0.2, 0.25) is 5.02 Å². The van der Waals surface area contributed by atoms with Crippen molar-refractivity contribution >= 4 is 45.7 Å². The van der Waals surface area contributed by atoms with Crippen LogP contribution in [0, 0.1) is 17.2 Å². The molecule has 0 bridgehead atoms. The Morgan fingerprint density at radius 1 is 1.10 bits per heavy atom. The van der Waals surface area contributed by atoms with Crippen LogP contribution in [0.5, 0.6) is 0 Å². The zero-order valence-corrected chi connectivity index (χ0v) is 22.7. The lowest BCUT2D eigenvalue weighted by atomic mass is 9.97. The molecule has 11 heteroatoms. The molecule has 1 saturated carbocycles. The maximum Gasteiger partial charge on any atom is 0.331 e. The Morgan fingerprint density at radius 2 is 1.69 bits per heavy atom. The fourth-order valence-electron chi connectivity index (χ4n) is 4.53. The molecule has 1 aliphatic rings. The molecule has 0 spiro atoms. The van der Waals surface area contributed by atoms with E-state index in [1.807, 2.05) is 19.9 Å². The van der Waals surface area contributed by atoms with Gasteiger partial charge in [0.2, 0.25) is 11.8 Å². The van der Waals surface area contributed by atoms with E-state index in [4.69, 9.17) is 16.9 Å². The van der Waals surface area contributed by atoms with Crippen molar-refractivity contribution in [1.82, 2.24) is 9.13 Å². The molecule has 39 heavy (non-hydrogen) atoms. The Bertz CT molecular complexity index is 1610. The smallest absolute Gasteiger partial charge is 0.331 e. The quantitative estimate of drug-likeness (QED) is 0.369. The molecule has 4 rings (SSSR count). The number of nitriles is 1. The first-order valence-corrected chi connectivity index (χ1v) is 13.1. The number of carbonyl (C=O) groups is 2. The molecule has 10 nitrogen and oxygen atoms in total. The van der Waals surface area contributed by atoms with Crippen LogP contribution in [-0.2, 0) is 16.1 Å². The third kappa shape index (κ3) is 6.56. The molecule has 1 aliphatic carbocycles. The minimum atomic E-state index is -1.67. The highest BCUT2D eigenvalue weighted by atomic mass is 35.5. The van der Waals surface area contributed by atoms with Crippen molar-refractivity contribution < 1.29 is 14.7 Å². The number of hydrogen-bond donors (Lipinski definition) is 3. The van der Waals surface area contributed by atoms with Gasteiger partial charge in [-0.3, -0.25) is 23.5 Å². The van der Waals surface area contributed by atoms with Gasteiger partial charge in [0, 0.05) is 24.0 Å². The molecule has 3 aromatic rings. The highest BCUT2D eigenvalue weighted by Crippen LogP contribution is 2.30. The van der Waals surface area contributed by atoms with Gasteiger partial charge < -0.3 is 15.7 Å². The van der Waals surface area contributed by atoms with Gasteiger partial charge in [-0.2, -0.15) is 5.26 Å². The fraction of sp³-hybridized carbons (Fsp3) is 0.393. The molecule has 1 aromatic heterocycles. The number of halogens is 1. The van der Waals surface area contributed by atoms with Crippen molar-refractivity contribution in [2.45, 2.75) is 64.6 Å². The average Bonchev–Trinajstić information content (AvgIpc) is 3.65. The molecular weight excluding hydrogens is 522 g/mol.